The Kier molecular flexibility index (Phi) is 9.51. The highest BCUT2D eigenvalue weighted by atomic mass is 35.5. The van der Waals surface area contributed by atoms with Crippen molar-refractivity contribution in [3.05, 3.63) is 57.1 Å². The second-order valence-electron chi connectivity index (χ2n) is 11.6. The van der Waals surface area contributed by atoms with Crippen LogP contribution in [-0.2, 0) is 23.1 Å². The molecule has 0 radical (unpaired) electrons. The molecule has 2 aromatic heterocycles. The van der Waals surface area contributed by atoms with Crippen LogP contribution < -0.4 is 20.5 Å². The minimum absolute atomic E-state index is 0.0897. The van der Waals surface area contributed by atoms with E-state index in [-0.39, 0.29) is 35.6 Å². The van der Waals surface area contributed by atoms with Crippen LogP contribution in [0.15, 0.2) is 35.3 Å². The van der Waals surface area contributed by atoms with Gasteiger partial charge >= 0.3 is 0 Å². The number of likely N-dealkylation sites (N-methyl/N-ethyl adjacent to an activating group) is 1. The summed E-state index contributed by atoms with van der Waals surface area (Å²) in [5.74, 6) is 0.477. The van der Waals surface area contributed by atoms with Gasteiger partial charge in [-0.3, -0.25) is 14.4 Å². The standard InChI is InChI=1S/C31H40ClN7O4/c1-33-28(40)19-43-27-16-22-14-20(7-8-26(22)38(4)30(27)42)15-25-24(32)17-34-31(35-25)39-11-5-6-21(18-39)29(41)37(3)23-9-12-36(2)13-10-23/h7-8,14,16-17,21,23H,5-6,9-13,15,18-19H2,1-4H3,(H,33,40)/t21-/m1/s1. The van der Waals surface area contributed by atoms with Crippen molar-refractivity contribution in [2.45, 2.75) is 38.1 Å². The fraction of sp³-hybridized carbons (Fsp3) is 0.516. The maximum absolute atomic E-state index is 13.5. The van der Waals surface area contributed by atoms with Crippen LogP contribution in [0, 0.1) is 5.92 Å². The number of hydrogen-bond donors (Lipinski definition) is 1. The number of nitrogens with one attached hydrogen (secondary N) is 1. The van der Waals surface area contributed by atoms with Gasteiger partial charge < -0.3 is 29.3 Å². The molecule has 2 aliphatic rings. The largest absolute Gasteiger partial charge is 0.478 e. The first-order chi connectivity index (χ1) is 20.6. The molecule has 12 heteroatoms. The van der Waals surface area contributed by atoms with E-state index in [0.29, 0.717) is 35.7 Å². The van der Waals surface area contributed by atoms with E-state index in [4.69, 9.17) is 21.3 Å². The molecule has 11 nitrogen and oxygen atoms in total. The van der Waals surface area contributed by atoms with Crippen molar-refractivity contribution in [1.82, 2.24) is 29.7 Å². The number of aryl methyl sites for hydroxylation is 1. The Morgan fingerprint density at radius 2 is 1.91 bits per heavy atom. The van der Waals surface area contributed by atoms with Gasteiger partial charge in [0.15, 0.2) is 12.4 Å². The Morgan fingerprint density at radius 3 is 2.65 bits per heavy atom. The van der Waals surface area contributed by atoms with Gasteiger partial charge in [0, 0.05) is 52.1 Å². The topological polar surface area (TPSA) is 113 Å². The summed E-state index contributed by atoms with van der Waals surface area (Å²) < 4.78 is 7.00. The van der Waals surface area contributed by atoms with Crippen LogP contribution in [0.5, 0.6) is 5.75 Å². The van der Waals surface area contributed by atoms with Gasteiger partial charge in [0.25, 0.3) is 11.5 Å². The molecule has 4 heterocycles. The van der Waals surface area contributed by atoms with Crippen molar-refractivity contribution in [3.8, 4) is 5.75 Å². The molecule has 0 unspecified atom stereocenters. The molecule has 2 saturated heterocycles. The van der Waals surface area contributed by atoms with Gasteiger partial charge in [-0.15, -0.1) is 0 Å². The lowest BCUT2D eigenvalue weighted by molar-refractivity contribution is -0.137. The summed E-state index contributed by atoms with van der Waals surface area (Å²) in [5, 5.41) is 3.74. The number of anilines is 1. The Hall–Kier alpha value is -3.70. The Balaban J connectivity index is 1.31. The molecule has 2 amide bonds. The number of carbonyl (C=O) groups excluding carboxylic acids is 2. The first kappa shape index (κ1) is 30.7. The number of ether oxygens (including phenoxy) is 1. The number of carbonyl (C=O) groups is 2. The van der Waals surface area contributed by atoms with Crippen LogP contribution in [0.4, 0.5) is 5.95 Å². The number of benzene rings is 1. The van der Waals surface area contributed by atoms with Gasteiger partial charge in [-0.1, -0.05) is 17.7 Å². The molecular formula is C31H40ClN7O4. The third-order valence-corrected chi connectivity index (χ3v) is 9.02. The Morgan fingerprint density at radius 1 is 1.14 bits per heavy atom. The van der Waals surface area contributed by atoms with Gasteiger partial charge in [0.05, 0.1) is 28.3 Å². The highest BCUT2D eigenvalue weighted by molar-refractivity contribution is 6.31. The minimum Gasteiger partial charge on any atom is -0.478 e. The molecule has 0 saturated carbocycles. The molecule has 5 rings (SSSR count). The van der Waals surface area contributed by atoms with E-state index in [1.54, 1.807) is 19.3 Å². The van der Waals surface area contributed by atoms with Crippen LogP contribution >= 0.6 is 11.6 Å². The molecule has 0 aliphatic carbocycles. The lowest BCUT2D eigenvalue weighted by atomic mass is 9.95. The number of likely N-dealkylation sites (tertiary alicyclic amines) is 1. The number of fused-ring (bicyclic) bond motifs is 1. The second-order valence-corrected chi connectivity index (χ2v) is 12.0. The van der Waals surface area contributed by atoms with E-state index in [9.17, 15) is 14.4 Å². The van der Waals surface area contributed by atoms with E-state index < -0.39 is 0 Å². The summed E-state index contributed by atoms with van der Waals surface area (Å²) >= 11 is 6.57. The predicted molar refractivity (Wildman–Crippen MR) is 167 cm³/mol. The zero-order valence-electron chi connectivity index (χ0n) is 25.3. The zero-order valence-corrected chi connectivity index (χ0v) is 26.1. The Labute approximate surface area is 256 Å². The van der Waals surface area contributed by atoms with E-state index in [2.05, 4.69) is 27.1 Å². The van der Waals surface area contributed by atoms with Crippen molar-refractivity contribution < 1.29 is 14.3 Å². The van der Waals surface area contributed by atoms with Crippen molar-refractivity contribution in [2.75, 3.05) is 58.8 Å². The van der Waals surface area contributed by atoms with Crippen LogP contribution in [0.3, 0.4) is 0 Å². The molecule has 1 aromatic carbocycles. The average Bonchev–Trinajstić information content (AvgIpc) is 3.02. The van der Waals surface area contributed by atoms with Gasteiger partial charge in [-0.25, -0.2) is 9.97 Å². The zero-order chi connectivity index (χ0) is 30.7. The number of nitrogens with zero attached hydrogens (tertiary/aromatic N) is 6. The number of piperidine rings is 2. The fourth-order valence-corrected chi connectivity index (χ4v) is 6.16. The van der Waals surface area contributed by atoms with Crippen molar-refractivity contribution in [1.29, 1.82) is 0 Å². The van der Waals surface area contributed by atoms with Gasteiger partial charge in [0.2, 0.25) is 11.9 Å². The number of aromatic nitrogens is 3. The average molecular weight is 610 g/mol. The number of halogens is 1. The lowest BCUT2D eigenvalue weighted by Gasteiger charge is -2.39. The van der Waals surface area contributed by atoms with E-state index >= 15 is 0 Å². The molecule has 2 aliphatic heterocycles. The summed E-state index contributed by atoms with van der Waals surface area (Å²) in [6.07, 6.45) is 5.86. The number of rotatable bonds is 8. The van der Waals surface area contributed by atoms with Crippen molar-refractivity contribution >= 4 is 40.3 Å². The molecule has 2 fully saturated rings. The highest BCUT2D eigenvalue weighted by Crippen LogP contribution is 2.27. The smallest absolute Gasteiger partial charge is 0.293 e. The Bertz CT molecular complexity index is 1550. The fourth-order valence-electron chi connectivity index (χ4n) is 6.00. The minimum atomic E-state index is -0.321. The number of amides is 2. The normalized spacial score (nSPS) is 18.1. The molecule has 0 spiro atoms. The second kappa shape index (κ2) is 13.3. The maximum atomic E-state index is 13.5. The van der Waals surface area contributed by atoms with Gasteiger partial charge in [-0.05, 0) is 69.6 Å². The molecule has 230 valence electrons. The van der Waals surface area contributed by atoms with Crippen LogP contribution in [0.2, 0.25) is 5.02 Å². The van der Waals surface area contributed by atoms with Gasteiger partial charge in [0.1, 0.15) is 0 Å². The number of hydrogen-bond acceptors (Lipinski definition) is 8. The molecule has 0 bridgehead atoms. The maximum Gasteiger partial charge on any atom is 0.293 e. The van der Waals surface area contributed by atoms with E-state index in [0.717, 1.165) is 61.8 Å². The van der Waals surface area contributed by atoms with Crippen LogP contribution in [0.25, 0.3) is 10.9 Å². The summed E-state index contributed by atoms with van der Waals surface area (Å²) in [6, 6.07) is 7.74. The third kappa shape index (κ3) is 6.94. The lowest BCUT2D eigenvalue weighted by Crippen LogP contribution is -2.49. The summed E-state index contributed by atoms with van der Waals surface area (Å²) in [4.78, 5) is 53.6. The molecule has 43 heavy (non-hydrogen) atoms. The van der Waals surface area contributed by atoms with Gasteiger partial charge in [-0.2, -0.15) is 0 Å². The number of pyridine rings is 1. The molecular weight excluding hydrogens is 570 g/mol. The van der Waals surface area contributed by atoms with Crippen molar-refractivity contribution in [2.24, 2.45) is 13.0 Å². The predicted octanol–water partition coefficient (Wildman–Crippen LogP) is 2.47. The molecule has 3 aromatic rings. The third-order valence-electron chi connectivity index (χ3n) is 8.71. The quantitative estimate of drug-likeness (QED) is 0.415. The van der Waals surface area contributed by atoms with E-state index in [1.165, 1.54) is 11.6 Å². The van der Waals surface area contributed by atoms with Crippen LogP contribution in [-0.4, -0.2) is 96.1 Å². The monoisotopic (exact) mass is 609 g/mol. The van der Waals surface area contributed by atoms with Crippen molar-refractivity contribution in [3.63, 3.8) is 0 Å². The SMILES string of the molecule is CNC(=O)COc1cc2cc(Cc3nc(N4CCC[C@@H](C(=O)N(C)C5CCN(C)CC5)C4)ncc3Cl)ccc2n(C)c1=O. The van der Waals surface area contributed by atoms with E-state index in [1.807, 2.05) is 30.1 Å². The van der Waals surface area contributed by atoms with Crippen LogP contribution in [0.1, 0.15) is 36.9 Å². The highest BCUT2D eigenvalue weighted by Gasteiger charge is 2.33. The molecule has 1 atom stereocenters. The summed E-state index contributed by atoms with van der Waals surface area (Å²) in [7, 11) is 7.27. The summed E-state index contributed by atoms with van der Waals surface area (Å²) in [5.41, 5.74) is 2.05. The first-order valence-corrected chi connectivity index (χ1v) is 15.2. The summed E-state index contributed by atoms with van der Waals surface area (Å²) in [6.45, 7) is 3.16. The first-order valence-electron chi connectivity index (χ1n) is 14.8. The molecule has 1 N–H and O–H groups in total.